The van der Waals surface area contributed by atoms with Gasteiger partial charge in [0.1, 0.15) is 29.6 Å². The van der Waals surface area contributed by atoms with Gasteiger partial charge in [0.15, 0.2) is 18.0 Å². The maximum absolute atomic E-state index is 15.0. The molecule has 0 spiro atoms. The van der Waals surface area contributed by atoms with Gasteiger partial charge in [0, 0.05) is 36.0 Å². The summed E-state index contributed by atoms with van der Waals surface area (Å²) in [6.45, 7) is 26.2. The zero-order valence-corrected chi connectivity index (χ0v) is 66.8. The average Bonchev–Trinajstić information content (AvgIpc) is 1.73. The number of nitrogens with zero attached hydrogens (tertiary/aromatic N) is 12. The van der Waals surface area contributed by atoms with Crippen molar-refractivity contribution in [2.24, 2.45) is 4.99 Å². The number of carbonyl (C=O) groups is 7. The molecular formula is C81H86N17O20S+. The van der Waals surface area contributed by atoms with E-state index in [1.807, 2.05) is 32.0 Å². The van der Waals surface area contributed by atoms with Crippen LogP contribution in [-0.4, -0.2) is 144 Å². The van der Waals surface area contributed by atoms with E-state index in [4.69, 9.17) is 36.8 Å². The monoisotopic (exact) mass is 1650 g/mol. The molecule has 620 valence electrons. The van der Waals surface area contributed by atoms with Gasteiger partial charge in [0.2, 0.25) is 24.8 Å². The average molecular weight is 1650 g/mol. The van der Waals surface area contributed by atoms with Crippen molar-refractivity contribution < 1.29 is 85.4 Å². The third kappa shape index (κ3) is 22.3. The largest absolute Gasteiger partial charge is 0.491 e. The van der Waals surface area contributed by atoms with Gasteiger partial charge in [-0.3, -0.25) is 44.3 Å². The number of nitro benzene ring substituents is 1. The van der Waals surface area contributed by atoms with E-state index in [-0.39, 0.29) is 82.3 Å². The zero-order valence-electron chi connectivity index (χ0n) is 66.0. The molecule has 6 aromatic carbocycles. The van der Waals surface area contributed by atoms with Crippen molar-refractivity contribution in [2.45, 2.75) is 130 Å². The van der Waals surface area contributed by atoms with Gasteiger partial charge in [-0.2, -0.15) is 21.6 Å². The first-order valence-corrected chi connectivity index (χ1v) is 38.8. The Hall–Kier alpha value is -14.5. The highest BCUT2D eigenvalue weighted by molar-refractivity contribution is 7.87. The molecule has 119 heavy (non-hydrogen) atoms. The number of nitrogens with one attached hydrogen (secondary N) is 5. The number of para-hydroxylation sites is 2. The lowest BCUT2D eigenvalue weighted by Gasteiger charge is -2.25. The van der Waals surface area contributed by atoms with Crippen molar-refractivity contribution in [3.63, 3.8) is 0 Å². The molecule has 1 aliphatic heterocycles. The van der Waals surface area contributed by atoms with Gasteiger partial charge in [-0.15, -0.1) is 4.98 Å². The normalized spacial score (nSPS) is 12.7. The third-order valence-corrected chi connectivity index (χ3v) is 19.7. The topological polar surface area (TPSA) is 459 Å². The number of carbonyl (C=O) groups excluding carboxylic acids is 5. The number of aryl methyl sites for hydroxylation is 3. The number of aliphatic carboxylic acids is 1. The van der Waals surface area contributed by atoms with Crippen LogP contribution >= 0.6 is 0 Å². The van der Waals surface area contributed by atoms with Gasteiger partial charge in [-0.25, -0.2) is 33.8 Å². The summed E-state index contributed by atoms with van der Waals surface area (Å²) in [5.74, 6) is -7.77. The highest BCUT2D eigenvalue weighted by Crippen LogP contribution is 2.37. The van der Waals surface area contributed by atoms with Crippen LogP contribution in [-0.2, 0) is 34.1 Å². The molecule has 1 saturated heterocycles. The number of hydrogen-bond donors (Lipinski definition) is 7. The Bertz CT molecular complexity index is 5650. The van der Waals surface area contributed by atoms with E-state index in [1.54, 1.807) is 60.7 Å². The number of aromatic carboxylic acids is 1. The summed E-state index contributed by atoms with van der Waals surface area (Å²) < 4.78 is 61.2. The Labute approximate surface area is 682 Å². The second-order valence-electron chi connectivity index (χ2n) is 27.3. The number of cyclic esters (lactones) is 1. The van der Waals surface area contributed by atoms with Crippen LogP contribution in [0.2, 0.25) is 0 Å². The second kappa shape index (κ2) is 40.7. The van der Waals surface area contributed by atoms with Crippen LogP contribution in [0.25, 0.3) is 15.4 Å². The minimum atomic E-state index is -4.70. The Morgan fingerprint density at radius 2 is 1.31 bits per heavy atom. The molecule has 4 heterocycles. The van der Waals surface area contributed by atoms with E-state index < -0.39 is 115 Å². The molecule has 9 aromatic rings. The number of carboxylic acid groups (broad SMARTS) is 2. The molecule has 0 bridgehead atoms. The van der Waals surface area contributed by atoms with Crippen LogP contribution in [0.4, 0.5) is 45.0 Å². The molecule has 7 N–H and O–H groups in total. The van der Waals surface area contributed by atoms with Crippen LogP contribution in [0.1, 0.15) is 152 Å². The molecule has 1 fully saturated rings. The summed E-state index contributed by atoms with van der Waals surface area (Å²) in [6, 6.07) is 31.2. The lowest BCUT2D eigenvalue weighted by atomic mass is 10.1. The predicted molar refractivity (Wildman–Crippen MR) is 433 cm³/mol. The van der Waals surface area contributed by atoms with E-state index in [1.165, 1.54) is 113 Å². The summed E-state index contributed by atoms with van der Waals surface area (Å²) >= 11 is 0. The number of ether oxygens (including phenoxy) is 5. The number of aromatic nitrogens is 7. The summed E-state index contributed by atoms with van der Waals surface area (Å²) in [4.78, 5) is 152. The van der Waals surface area contributed by atoms with Crippen LogP contribution in [0.15, 0.2) is 160 Å². The molecule has 0 saturated carbocycles. The molecule has 0 radical (unpaired) electrons. The lowest BCUT2D eigenvalue weighted by molar-refractivity contribution is -0.582. The molecule has 1 aliphatic rings. The summed E-state index contributed by atoms with van der Waals surface area (Å²) in [7, 11) is -3.61. The van der Waals surface area contributed by atoms with Crippen molar-refractivity contribution in [3.8, 4) is 28.7 Å². The number of carboxylic acids is 2. The van der Waals surface area contributed by atoms with Gasteiger partial charge >= 0.3 is 34.2 Å². The standard InChI is InChI=1S/C43H43N9O10S.C38H42N8O10/c1-27-16-18-35(28(2)22-27)60-21-20-45-40(55)31-17-19-36(61-24-37(53)54)34(23-31)49-41(56)38(39-48-30(4)29(3)42(57)52(39)63(58,59)44-5)51-43(46-26-62-33-14-10-7-11-15-33)50(25-47-51)32-12-8-6-9-13-32;1-6-7-8-9-10-11-12-13-14-15-22-55-28-21-16-24(35(49)50)23-27(28)41-33(47)30(44-36(51)38(2,3)56-37(44)52)32-42-31(40-5)29(39-4)34(48)45(32)43-25-17-19-26(20-18-25)46(53)54/h6-19,22-23,25-26,38,44H,20-21,24H2,1-5H3,(H2-,45,49,53,54,55,56);16-21,23,30,43H,6-15,22H2,1-3H3,(H,41,47)(H,49,50)/p+1. The van der Waals surface area contributed by atoms with Gasteiger partial charge in [0.25, 0.3) is 57.8 Å². The predicted octanol–water partition coefficient (Wildman–Crippen LogP) is 11.1. The van der Waals surface area contributed by atoms with Gasteiger partial charge in [-0.1, -0.05) is 135 Å². The SMILES string of the molecule is CNS(=O)(=O)n1c(C(C(=O)Nc2cc(C(=O)NCCOc3ccc(C)cc3C)ccc2OCC(=O)O)n2nc[n+](-c3ccccc3)c2N=COc2ccccc2)nc(C)c(C)c1=O.[C-]#[N+]c1nc(C(C(=O)Nc2cc(C(=O)O)ccc2OCCCCCCCCCCCC)N2C(=O)OC(C)(C)C2=O)n(Nc2ccc([N+](=O)[O-])cc2)c(=O)c1[N+]#[C-]. The van der Waals surface area contributed by atoms with E-state index >= 15 is 4.79 Å². The molecule has 5 amide bonds. The number of anilines is 3. The minimum Gasteiger partial charge on any atom is -0.491 e. The van der Waals surface area contributed by atoms with Crippen molar-refractivity contribution in [2.75, 3.05) is 49.5 Å². The minimum absolute atomic E-state index is 0.0128. The van der Waals surface area contributed by atoms with Crippen LogP contribution in [0, 0.1) is 51.0 Å². The Morgan fingerprint density at radius 3 is 1.90 bits per heavy atom. The van der Waals surface area contributed by atoms with E-state index in [0.29, 0.717) is 37.2 Å². The quantitative estimate of drug-likeness (QED) is 0.00359. The second-order valence-corrected chi connectivity index (χ2v) is 29.0. The first kappa shape index (κ1) is 88.4. The fourth-order valence-corrected chi connectivity index (χ4v) is 13.0. The van der Waals surface area contributed by atoms with Gasteiger partial charge in [-0.05, 0) is 137 Å². The number of non-ortho nitro benzene ring substituents is 1. The molecule has 2 unspecified atom stereocenters. The number of nitro groups is 1. The molecule has 2 atom stereocenters. The Balaban J connectivity index is 0.000000273. The van der Waals surface area contributed by atoms with Crippen LogP contribution in [0.5, 0.6) is 23.0 Å². The van der Waals surface area contributed by atoms with Gasteiger partial charge in [0.05, 0.1) is 53.0 Å². The molecule has 0 aliphatic carbocycles. The zero-order chi connectivity index (χ0) is 86.3. The van der Waals surface area contributed by atoms with Crippen molar-refractivity contribution >= 4 is 98.5 Å². The Kier molecular flexibility index (Phi) is 30.2. The number of amides is 5. The van der Waals surface area contributed by atoms with Crippen LogP contribution < -0.4 is 60.7 Å². The molecule has 10 rings (SSSR count). The third-order valence-electron chi connectivity index (χ3n) is 18.3. The van der Waals surface area contributed by atoms with Crippen molar-refractivity contribution in [1.82, 2.24) is 43.3 Å². The first-order chi connectivity index (χ1) is 56.9. The summed E-state index contributed by atoms with van der Waals surface area (Å²) in [5.41, 5.74) is -0.432. The fourth-order valence-electron chi connectivity index (χ4n) is 12.1. The lowest BCUT2D eigenvalue weighted by Crippen LogP contribution is -2.46. The molecule has 37 nitrogen and oxygen atoms in total. The fraction of sp³-hybridized carbons (Fsp3) is 0.309. The number of imide groups is 1. The highest BCUT2D eigenvalue weighted by Gasteiger charge is 2.55. The van der Waals surface area contributed by atoms with Crippen molar-refractivity contribution in [1.29, 1.82) is 0 Å². The highest BCUT2D eigenvalue weighted by atomic mass is 32.2. The number of benzene rings is 6. The molecule has 3 aromatic heterocycles. The number of rotatable bonds is 38. The molecule has 38 heteroatoms. The smallest absolute Gasteiger partial charge is 0.418 e. The van der Waals surface area contributed by atoms with E-state index in [0.717, 1.165) is 73.1 Å². The summed E-state index contributed by atoms with van der Waals surface area (Å²) in [6.07, 6.45) is 12.0. The summed E-state index contributed by atoms with van der Waals surface area (Å²) in [5, 5.41) is 42.8. The number of unbranched alkanes of at least 4 members (excludes halogenated alkanes) is 9. The van der Waals surface area contributed by atoms with E-state index in [9.17, 15) is 67.1 Å². The number of hydrogen-bond acceptors (Lipinski definition) is 23. The van der Waals surface area contributed by atoms with Crippen LogP contribution in [0.3, 0.4) is 0 Å². The maximum atomic E-state index is 15.0. The van der Waals surface area contributed by atoms with Gasteiger partial charge < -0.3 is 54.7 Å². The maximum Gasteiger partial charge on any atom is 0.418 e. The molecular weight excluding hydrogens is 1560 g/mol. The van der Waals surface area contributed by atoms with E-state index in [2.05, 4.69) is 62.8 Å². The Morgan fingerprint density at radius 1 is 0.714 bits per heavy atom. The number of aliphatic imine (C=N–C) groups is 1. The first-order valence-electron chi connectivity index (χ1n) is 37.3. The van der Waals surface area contributed by atoms with Crippen molar-refractivity contribution in [3.05, 3.63) is 245 Å².